The van der Waals surface area contributed by atoms with Gasteiger partial charge in [0, 0.05) is 9.75 Å². The standard InChI is InChI=1S/C15H24O2S/c1-14(2,3)12-7-6-11(18-12)8-9-15(4,5)10-13(16)17/h6-7H,8-10H2,1-5H3,(H,16,17). The van der Waals surface area contributed by atoms with Crippen molar-refractivity contribution in [2.75, 3.05) is 0 Å². The smallest absolute Gasteiger partial charge is 0.303 e. The van der Waals surface area contributed by atoms with Gasteiger partial charge in [0.1, 0.15) is 0 Å². The summed E-state index contributed by atoms with van der Waals surface area (Å²) in [7, 11) is 0. The molecule has 0 spiro atoms. The van der Waals surface area contributed by atoms with E-state index in [1.54, 1.807) is 0 Å². The summed E-state index contributed by atoms with van der Waals surface area (Å²) >= 11 is 1.85. The Hall–Kier alpha value is -0.830. The van der Waals surface area contributed by atoms with Gasteiger partial charge in [0.25, 0.3) is 0 Å². The van der Waals surface area contributed by atoms with Crippen molar-refractivity contribution in [3.8, 4) is 0 Å². The maximum atomic E-state index is 10.8. The average molecular weight is 268 g/mol. The van der Waals surface area contributed by atoms with Crippen molar-refractivity contribution in [2.45, 2.75) is 59.3 Å². The van der Waals surface area contributed by atoms with Crippen LogP contribution >= 0.6 is 11.3 Å². The third kappa shape index (κ3) is 4.81. The minimum Gasteiger partial charge on any atom is -0.481 e. The zero-order chi connectivity index (χ0) is 14.0. The molecule has 18 heavy (non-hydrogen) atoms. The van der Waals surface area contributed by atoms with Gasteiger partial charge in [0.2, 0.25) is 0 Å². The molecule has 0 fully saturated rings. The number of aryl methyl sites for hydroxylation is 1. The van der Waals surface area contributed by atoms with Crippen LogP contribution in [0.5, 0.6) is 0 Å². The highest BCUT2D eigenvalue weighted by atomic mass is 32.1. The Morgan fingerprint density at radius 1 is 1.22 bits per heavy atom. The Labute approximate surface area is 114 Å². The first-order chi connectivity index (χ1) is 8.10. The molecule has 1 N–H and O–H groups in total. The summed E-state index contributed by atoms with van der Waals surface area (Å²) in [6.45, 7) is 10.7. The number of rotatable bonds is 5. The fourth-order valence-corrected chi connectivity index (χ4v) is 2.94. The Balaban J connectivity index is 2.59. The van der Waals surface area contributed by atoms with Crippen molar-refractivity contribution in [2.24, 2.45) is 5.41 Å². The van der Waals surface area contributed by atoms with Gasteiger partial charge in [-0.1, -0.05) is 34.6 Å². The molecule has 2 nitrogen and oxygen atoms in total. The number of hydrogen-bond acceptors (Lipinski definition) is 2. The lowest BCUT2D eigenvalue weighted by Crippen LogP contribution is -2.17. The quantitative estimate of drug-likeness (QED) is 0.855. The maximum absolute atomic E-state index is 10.8. The van der Waals surface area contributed by atoms with Crippen molar-refractivity contribution in [1.82, 2.24) is 0 Å². The number of carbonyl (C=O) groups is 1. The molecular formula is C15H24O2S. The molecule has 1 aromatic rings. The topological polar surface area (TPSA) is 37.3 Å². The van der Waals surface area contributed by atoms with Crippen LogP contribution in [0.3, 0.4) is 0 Å². The van der Waals surface area contributed by atoms with E-state index in [2.05, 4.69) is 32.9 Å². The Kier molecular flexibility index (Phi) is 4.60. The molecule has 1 aromatic heterocycles. The third-order valence-corrected chi connectivity index (χ3v) is 4.65. The zero-order valence-corrected chi connectivity index (χ0v) is 12.9. The number of carboxylic acid groups (broad SMARTS) is 1. The van der Waals surface area contributed by atoms with E-state index >= 15 is 0 Å². The highest BCUT2D eigenvalue weighted by molar-refractivity contribution is 7.12. The van der Waals surface area contributed by atoms with Crippen LogP contribution in [0.15, 0.2) is 12.1 Å². The number of thiophene rings is 1. The highest BCUT2D eigenvalue weighted by Crippen LogP contribution is 2.32. The van der Waals surface area contributed by atoms with Crippen molar-refractivity contribution < 1.29 is 9.90 Å². The fraction of sp³-hybridized carbons (Fsp3) is 0.667. The molecule has 1 heterocycles. The average Bonchev–Trinajstić information content (AvgIpc) is 2.60. The summed E-state index contributed by atoms with van der Waals surface area (Å²) in [4.78, 5) is 13.5. The van der Waals surface area contributed by atoms with Gasteiger partial charge in [0.05, 0.1) is 6.42 Å². The van der Waals surface area contributed by atoms with Crippen LogP contribution in [0, 0.1) is 5.41 Å². The second-order valence-electron chi connectivity index (χ2n) is 6.75. The normalized spacial score (nSPS) is 12.7. The van der Waals surface area contributed by atoms with E-state index in [0.717, 1.165) is 12.8 Å². The van der Waals surface area contributed by atoms with Gasteiger partial charge in [-0.15, -0.1) is 11.3 Å². The minimum atomic E-state index is -0.707. The van der Waals surface area contributed by atoms with Crippen LogP contribution in [-0.4, -0.2) is 11.1 Å². The van der Waals surface area contributed by atoms with Gasteiger partial charge in [-0.2, -0.15) is 0 Å². The molecule has 0 amide bonds. The lowest BCUT2D eigenvalue weighted by molar-refractivity contribution is -0.139. The Bertz CT molecular complexity index is 410. The highest BCUT2D eigenvalue weighted by Gasteiger charge is 2.22. The molecular weight excluding hydrogens is 244 g/mol. The molecule has 0 aliphatic rings. The Morgan fingerprint density at radius 2 is 1.83 bits per heavy atom. The number of aliphatic carboxylic acids is 1. The number of carboxylic acids is 1. The summed E-state index contributed by atoms with van der Waals surface area (Å²) in [6.07, 6.45) is 2.13. The Morgan fingerprint density at radius 3 is 2.28 bits per heavy atom. The van der Waals surface area contributed by atoms with Crippen LogP contribution in [0.2, 0.25) is 0 Å². The van der Waals surface area contributed by atoms with Crippen molar-refractivity contribution in [3.63, 3.8) is 0 Å². The molecule has 0 saturated heterocycles. The van der Waals surface area contributed by atoms with E-state index < -0.39 is 5.97 Å². The second-order valence-corrected chi connectivity index (χ2v) is 7.92. The van der Waals surface area contributed by atoms with Gasteiger partial charge >= 0.3 is 5.97 Å². The zero-order valence-electron chi connectivity index (χ0n) is 12.0. The maximum Gasteiger partial charge on any atom is 0.303 e. The van der Waals surface area contributed by atoms with E-state index in [0.29, 0.717) is 0 Å². The van der Waals surface area contributed by atoms with Crippen molar-refractivity contribution >= 4 is 17.3 Å². The summed E-state index contributed by atoms with van der Waals surface area (Å²) in [5, 5.41) is 8.86. The first kappa shape index (κ1) is 15.2. The van der Waals surface area contributed by atoms with Crippen LogP contribution in [0.1, 0.15) is 57.2 Å². The molecule has 0 radical (unpaired) electrons. The van der Waals surface area contributed by atoms with Gasteiger partial charge in [-0.25, -0.2) is 0 Å². The first-order valence-electron chi connectivity index (χ1n) is 6.41. The molecule has 3 heteroatoms. The SMILES string of the molecule is CC(C)(CCc1ccc(C(C)(C)C)s1)CC(=O)O. The summed E-state index contributed by atoms with van der Waals surface area (Å²) in [5.74, 6) is -0.707. The molecule has 0 bridgehead atoms. The van der Waals surface area contributed by atoms with Gasteiger partial charge < -0.3 is 5.11 Å². The molecule has 0 aliphatic carbocycles. The summed E-state index contributed by atoms with van der Waals surface area (Å²) < 4.78 is 0. The van der Waals surface area contributed by atoms with Gasteiger partial charge in [0.15, 0.2) is 0 Å². The van der Waals surface area contributed by atoms with Crippen LogP contribution in [0.4, 0.5) is 0 Å². The number of hydrogen-bond donors (Lipinski definition) is 1. The molecule has 102 valence electrons. The molecule has 0 unspecified atom stereocenters. The van der Waals surface area contributed by atoms with E-state index in [9.17, 15) is 4.79 Å². The van der Waals surface area contributed by atoms with E-state index in [-0.39, 0.29) is 17.3 Å². The van der Waals surface area contributed by atoms with E-state index in [1.165, 1.54) is 9.75 Å². The largest absolute Gasteiger partial charge is 0.481 e. The minimum absolute atomic E-state index is 0.127. The predicted molar refractivity (Wildman–Crippen MR) is 77.4 cm³/mol. The first-order valence-corrected chi connectivity index (χ1v) is 7.23. The van der Waals surface area contributed by atoms with Crippen LogP contribution < -0.4 is 0 Å². The molecule has 0 atom stereocenters. The van der Waals surface area contributed by atoms with Gasteiger partial charge in [-0.3, -0.25) is 4.79 Å². The monoisotopic (exact) mass is 268 g/mol. The second kappa shape index (κ2) is 5.43. The molecule has 0 aliphatic heterocycles. The van der Waals surface area contributed by atoms with Crippen molar-refractivity contribution in [3.05, 3.63) is 21.9 Å². The lowest BCUT2D eigenvalue weighted by atomic mass is 9.84. The van der Waals surface area contributed by atoms with Gasteiger partial charge in [-0.05, 0) is 35.8 Å². The fourth-order valence-electron chi connectivity index (χ4n) is 1.87. The van der Waals surface area contributed by atoms with Crippen molar-refractivity contribution in [1.29, 1.82) is 0 Å². The van der Waals surface area contributed by atoms with E-state index in [4.69, 9.17) is 5.11 Å². The summed E-state index contributed by atoms with van der Waals surface area (Å²) in [6, 6.07) is 4.38. The molecule has 1 rings (SSSR count). The predicted octanol–water partition coefficient (Wildman–Crippen LogP) is 4.48. The lowest BCUT2D eigenvalue weighted by Gasteiger charge is -2.21. The molecule has 0 saturated carbocycles. The third-order valence-electron chi connectivity index (χ3n) is 3.08. The van der Waals surface area contributed by atoms with Crippen LogP contribution in [-0.2, 0) is 16.6 Å². The molecule has 0 aromatic carbocycles. The summed E-state index contributed by atoms with van der Waals surface area (Å²) in [5.41, 5.74) is 0.0806. The van der Waals surface area contributed by atoms with Crippen LogP contribution in [0.25, 0.3) is 0 Å². The van der Waals surface area contributed by atoms with E-state index in [1.807, 2.05) is 25.2 Å².